The maximum atomic E-state index is 13.6. The van der Waals surface area contributed by atoms with E-state index in [2.05, 4.69) is 36.1 Å². The summed E-state index contributed by atoms with van der Waals surface area (Å²) in [6.07, 6.45) is 3.33. The molecule has 1 aromatic rings. The number of halogens is 1. The summed E-state index contributed by atoms with van der Waals surface area (Å²) in [5.41, 5.74) is 3.32. The van der Waals surface area contributed by atoms with Crippen LogP contribution in [-0.4, -0.2) is 13.3 Å². The highest BCUT2D eigenvalue weighted by molar-refractivity contribution is 5.52. The van der Waals surface area contributed by atoms with Gasteiger partial charge in [0.2, 0.25) is 0 Å². The number of anilines is 1. The lowest BCUT2D eigenvalue weighted by Crippen LogP contribution is -2.34. The Morgan fingerprint density at radius 2 is 2.22 bits per heavy atom. The van der Waals surface area contributed by atoms with Crippen LogP contribution < -0.4 is 4.90 Å². The average Bonchev–Trinajstić information content (AvgIpc) is 2.39. The molecule has 0 radical (unpaired) electrons. The van der Waals surface area contributed by atoms with E-state index < -0.39 is 0 Å². The molecule has 3 rings (SSSR count). The summed E-state index contributed by atoms with van der Waals surface area (Å²) in [7, 11) is 0. The van der Waals surface area contributed by atoms with E-state index in [-0.39, 0.29) is 5.83 Å². The Hall–Kier alpha value is -1.77. The molecule has 3 heteroatoms. The number of allylic oxidation sites excluding steroid dienone is 2. The maximum Gasteiger partial charge on any atom is 0.161 e. The zero-order valence-corrected chi connectivity index (χ0v) is 10.4. The van der Waals surface area contributed by atoms with Gasteiger partial charge in [-0.1, -0.05) is 18.2 Å². The molecule has 1 aliphatic heterocycles. The maximum absolute atomic E-state index is 13.6. The lowest BCUT2D eigenvalue weighted by Gasteiger charge is -2.34. The Kier molecular flexibility index (Phi) is 2.82. The Labute approximate surface area is 106 Å². The fourth-order valence-corrected chi connectivity index (χ4v) is 2.45. The molecular formula is C15H16FNO. The molecule has 1 saturated heterocycles. The number of benzene rings is 1. The third-order valence-electron chi connectivity index (χ3n) is 3.39. The van der Waals surface area contributed by atoms with Crippen LogP contribution >= 0.6 is 0 Å². The molecule has 2 nitrogen and oxygen atoms in total. The summed E-state index contributed by atoms with van der Waals surface area (Å²) in [4.78, 5) is 2.13. The first kappa shape index (κ1) is 11.3. The number of ether oxygens (including phenoxy) is 1. The fourth-order valence-electron chi connectivity index (χ4n) is 2.45. The second-order valence-electron chi connectivity index (χ2n) is 4.81. The van der Waals surface area contributed by atoms with Gasteiger partial charge in [0.1, 0.15) is 5.83 Å². The number of hydrogen-bond acceptors (Lipinski definition) is 2. The van der Waals surface area contributed by atoms with Crippen molar-refractivity contribution in [3.05, 3.63) is 53.1 Å². The molecule has 0 amide bonds. The molecule has 1 heterocycles. The highest BCUT2D eigenvalue weighted by atomic mass is 19.1. The van der Waals surface area contributed by atoms with E-state index in [1.165, 1.54) is 5.56 Å². The second-order valence-corrected chi connectivity index (χ2v) is 4.81. The van der Waals surface area contributed by atoms with Gasteiger partial charge in [-0.2, -0.15) is 0 Å². The molecule has 0 atom stereocenters. The van der Waals surface area contributed by atoms with Crippen LogP contribution in [0.15, 0.2) is 47.5 Å². The van der Waals surface area contributed by atoms with Gasteiger partial charge in [0, 0.05) is 24.2 Å². The summed E-state index contributed by atoms with van der Waals surface area (Å²) in [6.45, 7) is 3.22. The van der Waals surface area contributed by atoms with E-state index in [4.69, 9.17) is 4.74 Å². The molecule has 0 bridgehead atoms. The molecule has 0 N–H and O–H groups in total. The van der Waals surface area contributed by atoms with Crippen molar-refractivity contribution in [2.24, 2.45) is 0 Å². The zero-order chi connectivity index (χ0) is 12.5. The lowest BCUT2D eigenvalue weighted by molar-refractivity contribution is 0.187. The van der Waals surface area contributed by atoms with Crippen molar-refractivity contribution in [1.29, 1.82) is 0 Å². The molecule has 0 unspecified atom stereocenters. The Bertz CT molecular complexity index is 533. The van der Waals surface area contributed by atoms with Crippen molar-refractivity contribution >= 4 is 5.69 Å². The van der Waals surface area contributed by atoms with Gasteiger partial charge in [0.15, 0.2) is 12.5 Å². The van der Waals surface area contributed by atoms with E-state index in [1.807, 2.05) is 6.07 Å². The quantitative estimate of drug-likeness (QED) is 0.748. The molecule has 1 aliphatic carbocycles. The van der Waals surface area contributed by atoms with E-state index in [0.29, 0.717) is 18.9 Å². The Balaban J connectivity index is 1.85. The molecule has 1 fully saturated rings. The molecule has 2 aliphatic rings. The van der Waals surface area contributed by atoms with Crippen LogP contribution in [0.4, 0.5) is 10.1 Å². The van der Waals surface area contributed by atoms with E-state index in [0.717, 1.165) is 24.2 Å². The van der Waals surface area contributed by atoms with Crippen LogP contribution in [0.3, 0.4) is 0 Å². The molecule has 0 saturated carbocycles. The molecule has 0 aromatic heterocycles. The largest absolute Gasteiger partial charge is 0.470 e. The summed E-state index contributed by atoms with van der Waals surface area (Å²) in [5, 5.41) is 0. The standard InChI is InChI=1S/C15H16FNO/c1-11-4-2-6-13(8-11)17-9-12-5-3-7-14(16)15(12)18-10-17/h2,4-6,8H,3,7,9-10H2,1H3. The number of aryl methyl sites for hydroxylation is 1. The summed E-state index contributed by atoms with van der Waals surface area (Å²) in [5.74, 6) is 0.376. The summed E-state index contributed by atoms with van der Waals surface area (Å²) < 4.78 is 19.2. The Morgan fingerprint density at radius 3 is 3.06 bits per heavy atom. The molecule has 1 aromatic carbocycles. The van der Waals surface area contributed by atoms with Gasteiger partial charge in [0.25, 0.3) is 0 Å². The topological polar surface area (TPSA) is 12.5 Å². The summed E-state index contributed by atoms with van der Waals surface area (Å²) in [6, 6.07) is 8.29. The second kappa shape index (κ2) is 4.48. The van der Waals surface area contributed by atoms with Gasteiger partial charge < -0.3 is 9.64 Å². The van der Waals surface area contributed by atoms with Crippen molar-refractivity contribution in [2.75, 3.05) is 18.2 Å². The van der Waals surface area contributed by atoms with Crippen LogP contribution in [0.1, 0.15) is 18.4 Å². The Morgan fingerprint density at radius 1 is 1.33 bits per heavy atom. The first-order chi connectivity index (χ1) is 8.74. The van der Waals surface area contributed by atoms with Crippen LogP contribution in [-0.2, 0) is 4.74 Å². The van der Waals surface area contributed by atoms with Crippen molar-refractivity contribution < 1.29 is 9.13 Å². The van der Waals surface area contributed by atoms with Crippen LogP contribution in [0.5, 0.6) is 0 Å². The smallest absolute Gasteiger partial charge is 0.161 e. The fraction of sp³-hybridized carbons (Fsp3) is 0.333. The van der Waals surface area contributed by atoms with Crippen molar-refractivity contribution in [2.45, 2.75) is 19.8 Å². The number of nitrogens with zero attached hydrogens (tertiary/aromatic N) is 1. The van der Waals surface area contributed by atoms with Gasteiger partial charge in [-0.05, 0) is 31.0 Å². The molecule has 94 valence electrons. The van der Waals surface area contributed by atoms with E-state index in [1.54, 1.807) is 0 Å². The first-order valence-corrected chi connectivity index (χ1v) is 6.26. The van der Waals surface area contributed by atoms with E-state index >= 15 is 0 Å². The number of fused-ring (bicyclic) bond motifs is 1. The third-order valence-corrected chi connectivity index (χ3v) is 3.39. The van der Waals surface area contributed by atoms with Crippen molar-refractivity contribution in [1.82, 2.24) is 0 Å². The summed E-state index contributed by atoms with van der Waals surface area (Å²) >= 11 is 0. The van der Waals surface area contributed by atoms with Gasteiger partial charge in [-0.25, -0.2) is 4.39 Å². The molecule has 0 spiro atoms. The van der Waals surface area contributed by atoms with Crippen LogP contribution in [0, 0.1) is 6.92 Å². The minimum absolute atomic E-state index is 0.101. The normalized spacial score (nSPS) is 19.2. The lowest BCUT2D eigenvalue weighted by atomic mass is 10.0. The third kappa shape index (κ3) is 2.01. The number of hydrogen-bond donors (Lipinski definition) is 0. The SMILES string of the molecule is Cc1cccc(N2COC3=C(F)CCC=C3C2)c1. The predicted octanol–water partition coefficient (Wildman–Crippen LogP) is 3.69. The number of rotatable bonds is 1. The average molecular weight is 245 g/mol. The highest BCUT2D eigenvalue weighted by Crippen LogP contribution is 2.32. The molecule has 18 heavy (non-hydrogen) atoms. The van der Waals surface area contributed by atoms with Gasteiger partial charge in [-0.3, -0.25) is 0 Å². The van der Waals surface area contributed by atoms with Gasteiger partial charge in [0.05, 0.1) is 0 Å². The van der Waals surface area contributed by atoms with Crippen molar-refractivity contribution in [3.63, 3.8) is 0 Å². The van der Waals surface area contributed by atoms with Crippen LogP contribution in [0.25, 0.3) is 0 Å². The van der Waals surface area contributed by atoms with Gasteiger partial charge in [-0.15, -0.1) is 0 Å². The minimum atomic E-state index is -0.101. The molecular weight excluding hydrogens is 229 g/mol. The highest BCUT2D eigenvalue weighted by Gasteiger charge is 2.25. The van der Waals surface area contributed by atoms with Gasteiger partial charge >= 0.3 is 0 Å². The van der Waals surface area contributed by atoms with Crippen LogP contribution in [0.2, 0.25) is 0 Å². The van der Waals surface area contributed by atoms with Crippen molar-refractivity contribution in [3.8, 4) is 0 Å². The first-order valence-electron chi connectivity index (χ1n) is 6.26. The van der Waals surface area contributed by atoms with E-state index in [9.17, 15) is 4.39 Å². The predicted molar refractivity (Wildman–Crippen MR) is 69.9 cm³/mol. The minimum Gasteiger partial charge on any atom is -0.470 e. The zero-order valence-electron chi connectivity index (χ0n) is 10.4. The monoisotopic (exact) mass is 245 g/mol.